The van der Waals surface area contributed by atoms with Gasteiger partial charge in [0.15, 0.2) is 0 Å². The number of hydrogen-bond acceptors (Lipinski definition) is 3. The Morgan fingerprint density at radius 1 is 1.12 bits per heavy atom. The minimum atomic E-state index is -0.787. The minimum absolute atomic E-state index is 0.165. The molecule has 1 aromatic rings. The van der Waals surface area contributed by atoms with Crippen LogP contribution in [-0.4, -0.2) is 34.7 Å². The Labute approximate surface area is 147 Å². The Kier molecular flexibility index (Phi) is 3.71. The van der Waals surface area contributed by atoms with Crippen LogP contribution in [0.3, 0.4) is 0 Å². The van der Waals surface area contributed by atoms with Gasteiger partial charge in [0.25, 0.3) is 11.8 Å². The van der Waals surface area contributed by atoms with Crippen molar-refractivity contribution >= 4 is 17.7 Å². The summed E-state index contributed by atoms with van der Waals surface area (Å²) in [7, 11) is 0. The van der Waals surface area contributed by atoms with Gasteiger partial charge in [-0.2, -0.15) is 0 Å². The highest BCUT2D eigenvalue weighted by Gasteiger charge is 2.45. The average Bonchev–Trinajstić information content (AvgIpc) is 3.30. The van der Waals surface area contributed by atoms with Crippen LogP contribution in [0.2, 0.25) is 0 Å². The molecule has 1 aromatic carbocycles. The second kappa shape index (κ2) is 5.68. The van der Waals surface area contributed by atoms with Gasteiger partial charge in [0.2, 0.25) is 5.91 Å². The first-order chi connectivity index (χ1) is 11.9. The third-order valence-corrected chi connectivity index (χ3v) is 6.19. The van der Waals surface area contributed by atoms with E-state index in [1.807, 2.05) is 13.0 Å². The molecule has 1 aliphatic heterocycles. The second-order valence-electron chi connectivity index (χ2n) is 7.99. The van der Waals surface area contributed by atoms with Crippen LogP contribution in [0.5, 0.6) is 0 Å². The predicted molar refractivity (Wildman–Crippen MR) is 93.2 cm³/mol. The molecule has 1 unspecified atom stereocenters. The van der Waals surface area contributed by atoms with Crippen molar-refractivity contribution in [2.45, 2.75) is 64.5 Å². The van der Waals surface area contributed by atoms with E-state index in [1.54, 1.807) is 19.1 Å². The van der Waals surface area contributed by atoms with Gasteiger partial charge in [-0.25, -0.2) is 0 Å². The van der Waals surface area contributed by atoms with Crippen molar-refractivity contribution in [2.75, 3.05) is 0 Å². The Morgan fingerprint density at radius 3 is 2.40 bits per heavy atom. The van der Waals surface area contributed by atoms with E-state index in [9.17, 15) is 14.4 Å². The fourth-order valence-electron chi connectivity index (χ4n) is 4.22. The lowest BCUT2D eigenvalue weighted by molar-refractivity contribution is -0.125. The Hall–Kier alpha value is -2.17. The molecule has 1 N–H and O–H groups in total. The Morgan fingerprint density at radius 2 is 1.76 bits per heavy atom. The van der Waals surface area contributed by atoms with Gasteiger partial charge in [0.05, 0.1) is 11.1 Å². The normalized spacial score (nSPS) is 22.9. The fraction of sp³-hybridized carbons (Fsp3) is 0.550. The highest BCUT2D eigenvalue weighted by Crippen LogP contribution is 2.56. The minimum Gasteiger partial charge on any atom is -0.352 e. The van der Waals surface area contributed by atoms with Crippen LogP contribution in [0, 0.1) is 12.3 Å². The van der Waals surface area contributed by atoms with E-state index < -0.39 is 6.04 Å². The number of rotatable bonds is 3. The molecule has 1 atom stereocenters. The molecule has 3 amide bonds. The van der Waals surface area contributed by atoms with Gasteiger partial charge in [-0.15, -0.1) is 0 Å². The van der Waals surface area contributed by atoms with Crippen LogP contribution in [-0.2, 0) is 4.79 Å². The molecule has 5 nitrogen and oxygen atoms in total. The fourth-order valence-corrected chi connectivity index (χ4v) is 4.22. The van der Waals surface area contributed by atoms with Gasteiger partial charge in [0.1, 0.15) is 6.04 Å². The lowest BCUT2D eigenvalue weighted by Gasteiger charge is -2.31. The van der Waals surface area contributed by atoms with Crippen LogP contribution < -0.4 is 5.32 Å². The Balaban J connectivity index is 1.44. The number of carbonyl (C=O) groups excluding carboxylic acids is 3. The van der Waals surface area contributed by atoms with E-state index in [1.165, 1.54) is 25.7 Å². The van der Waals surface area contributed by atoms with E-state index in [0.29, 0.717) is 16.5 Å². The van der Waals surface area contributed by atoms with Gasteiger partial charge in [0, 0.05) is 6.04 Å². The topological polar surface area (TPSA) is 66.5 Å². The van der Waals surface area contributed by atoms with Gasteiger partial charge in [-0.05, 0) is 69.9 Å². The standard InChI is InChI=1S/C20H24N2O3/c1-12-3-4-15-16(11-12)19(25)22(18(15)24)13(2)17(23)21-14-5-7-20(8-6-14)9-10-20/h3-4,11,13-14H,5-10H2,1-2H3,(H,21,23). The van der Waals surface area contributed by atoms with Crippen LogP contribution >= 0.6 is 0 Å². The molecule has 4 rings (SSSR count). The zero-order valence-electron chi connectivity index (χ0n) is 14.8. The molecular formula is C20H24N2O3. The van der Waals surface area contributed by atoms with E-state index in [-0.39, 0.29) is 23.8 Å². The SMILES string of the molecule is Cc1ccc2c(c1)C(=O)N(C(C)C(=O)NC1CCC3(CC1)CC3)C2=O. The number of benzene rings is 1. The predicted octanol–water partition coefficient (Wildman–Crippen LogP) is 2.82. The van der Waals surface area contributed by atoms with Crippen LogP contribution in [0.25, 0.3) is 0 Å². The third-order valence-electron chi connectivity index (χ3n) is 6.19. The summed E-state index contributed by atoms with van der Waals surface area (Å²) in [5.74, 6) is -0.974. The number of imide groups is 1. The van der Waals surface area contributed by atoms with Crippen molar-refractivity contribution in [3.63, 3.8) is 0 Å². The largest absolute Gasteiger partial charge is 0.352 e. The monoisotopic (exact) mass is 340 g/mol. The average molecular weight is 340 g/mol. The molecule has 1 spiro atoms. The number of hydrogen-bond donors (Lipinski definition) is 1. The highest BCUT2D eigenvalue weighted by molar-refractivity contribution is 6.22. The van der Waals surface area contributed by atoms with Gasteiger partial charge < -0.3 is 5.32 Å². The number of nitrogens with zero attached hydrogens (tertiary/aromatic N) is 1. The van der Waals surface area contributed by atoms with E-state index >= 15 is 0 Å². The number of fused-ring (bicyclic) bond motifs is 1. The molecule has 0 saturated heterocycles. The summed E-state index contributed by atoms with van der Waals surface area (Å²) in [6.45, 7) is 3.52. The lowest BCUT2D eigenvalue weighted by Crippen LogP contribution is -2.50. The summed E-state index contributed by atoms with van der Waals surface area (Å²) in [4.78, 5) is 38.9. The van der Waals surface area contributed by atoms with Crippen LogP contribution in [0.15, 0.2) is 18.2 Å². The molecule has 0 aromatic heterocycles. The summed E-state index contributed by atoms with van der Waals surface area (Å²) in [6, 6.07) is 4.58. The van der Waals surface area contributed by atoms with Crippen molar-refractivity contribution in [1.82, 2.24) is 10.2 Å². The molecule has 5 heteroatoms. The summed E-state index contributed by atoms with van der Waals surface area (Å²) in [6.07, 6.45) is 7.02. The maximum absolute atomic E-state index is 12.6. The lowest BCUT2D eigenvalue weighted by atomic mass is 9.83. The zero-order valence-corrected chi connectivity index (χ0v) is 14.8. The van der Waals surface area contributed by atoms with Gasteiger partial charge >= 0.3 is 0 Å². The molecule has 0 bridgehead atoms. The molecule has 25 heavy (non-hydrogen) atoms. The zero-order chi connectivity index (χ0) is 17.8. The van der Waals surface area contributed by atoms with Gasteiger partial charge in [-0.1, -0.05) is 11.6 Å². The van der Waals surface area contributed by atoms with E-state index in [2.05, 4.69) is 5.32 Å². The number of nitrogens with one attached hydrogen (secondary N) is 1. The van der Waals surface area contributed by atoms with E-state index in [0.717, 1.165) is 23.3 Å². The molecule has 2 saturated carbocycles. The maximum Gasteiger partial charge on any atom is 0.262 e. The van der Waals surface area contributed by atoms with Crippen molar-refractivity contribution in [1.29, 1.82) is 0 Å². The first kappa shape index (κ1) is 16.3. The molecule has 3 aliphatic rings. The molecule has 2 fully saturated rings. The first-order valence-corrected chi connectivity index (χ1v) is 9.19. The molecule has 0 radical (unpaired) electrons. The van der Waals surface area contributed by atoms with Gasteiger partial charge in [-0.3, -0.25) is 19.3 Å². The summed E-state index contributed by atoms with van der Waals surface area (Å²) in [5.41, 5.74) is 2.30. The second-order valence-corrected chi connectivity index (χ2v) is 7.99. The summed E-state index contributed by atoms with van der Waals surface area (Å²) >= 11 is 0. The smallest absolute Gasteiger partial charge is 0.262 e. The first-order valence-electron chi connectivity index (χ1n) is 9.19. The molecular weight excluding hydrogens is 316 g/mol. The quantitative estimate of drug-likeness (QED) is 0.861. The number of aryl methyl sites for hydroxylation is 1. The molecule has 1 heterocycles. The van der Waals surface area contributed by atoms with Crippen molar-refractivity contribution in [2.24, 2.45) is 5.41 Å². The van der Waals surface area contributed by atoms with E-state index in [4.69, 9.17) is 0 Å². The number of carbonyl (C=O) groups is 3. The summed E-state index contributed by atoms with van der Waals surface area (Å²) < 4.78 is 0. The van der Waals surface area contributed by atoms with Crippen molar-refractivity contribution in [3.8, 4) is 0 Å². The Bertz CT molecular complexity index is 756. The maximum atomic E-state index is 12.6. The highest BCUT2D eigenvalue weighted by atomic mass is 16.2. The number of amides is 3. The van der Waals surface area contributed by atoms with Crippen molar-refractivity contribution < 1.29 is 14.4 Å². The molecule has 132 valence electrons. The van der Waals surface area contributed by atoms with Crippen LogP contribution in [0.4, 0.5) is 0 Å². The van der Waals surface area contributed by atoms with Crippen LogP contribution in [0.1, 0.15) is 71.7 Å². The van der Waals surface area contributed by atoms with Crippen molar-refractivity contribution in [3.05, 3.63) is 34.9 Å². The summed E-state index contributed by atoms with van der Waals surface area (Å²) in [5, 5.41) is 3.06. The molecule has 2 aliphatic carbocycles. The third kappa shape index (κ3) is 2.75.